The Kier molecular flexibility index (Phi) is 4.52. The molecule has 20 heavy (non-hydrogen) atoms. The molecule has 0 aliphatic carbocycles. The van der Waals surface area contributed by atoms with Crippen molar-refractivity contribution in [2.45, 2.75) is 13.0 Å². The van der Waals surface area contributed by atoms with Crippen LogP contribution in [0, 0.1) is 10.1 Å². The predicted molar refractivity (Wildman–Crippen MR) is 75.6 cm³/mol. The summed E-state index contributed by atoms with van der Waals surface area (Å²) in [5.74, 6) is -0.0443. The van der Waals surface area contributed by atoms with E-state index in [1.807, 2.05) is 6.92 Å². The van der Waals surface area contributed by atoms with E-state index in [1.54, 1.807) is 23.1 Å². The van der Waals surface area contributed by atoms with Gasteiger partial charge in [0.05, 0.1) is 11.5 Å². The van der Waals surface area contributed by atoms with Gasteiger partial charge in [0.15, 0.2) is 0 Å². The number of nitro groups is 1. The number of hydrogen-bond acceptors (Lipinski definition) is 5. The Morgan fingerprint density at radius 2 is 2.30 bits per heavy atom. The van der Waals surface area contributed by atoms with Crippen molar-refractivity contribution in [3.63, 3.8) is 0 Å². The first-order chi connectivity index (χ1) is 9.59. The molecule has 1 aromatic carbocycles. The maximum Gasteiger partial charge on any atom is 0.292 e. The van der Waals surface area contributed by atoms with E-state index in [1.165, 1.54) is 6.07 Å². The highest BCUT2D eigenvalue weighted by Gasteiger charge is 2.23. The number of carbonyl (C=O) groups excluding carboxylic acids is 1. The maximum absolute atomic E-state index is 12.1. The quantitative estimate of drug-likeness (QED) is 0.629. The van der Waals surface area contributed by atoms with Crippen molar-refractivity contribution in [1.82, 2.24) is 10.2 Å². The summed E-state index contributed by atoms with van der Waals surface area (Å²) in [6.07, 6.45) is 0. The van der Waals surface area contributed by atoms with E-state index in [0.29, 0.717) is 12.2 Å². The number of anilines is 1. The number of rotatable bonds is 4. The van der Waals surface area contributed by atoms with E-state index in [2.05, 4.69) is 10.6 Å². The molecule has 7 nitrogen and oxygen atoms in total. The number of nitro benzene ring substituents is 1. The number of piperazine rings is 1. The van der Waals surface area contributed by atoms with E-state index < -0.39 is 4.92 Å². The molecule has 2 N–H and O–H groups in total. The topological polar surface area (TPSA) is 87.5 Å². The average Bonchev–Trinajstić information content (AvgIpc) is 2.45. The minimum atomic E-state index is -0.458. The van der Waals surface area contributed by atoms with Crippen LogP contribution in [0.3, 0.4) is 0 Å². The van der Waals surface area contributed by atoms with Gasteiger partial charge in [-0.05, 0) is 13.0 Å². The molecule has 7 heteroatoms. The number of para-hydroxylation sites is 2. The monoisotopic (exact) mass is 278 g/mol. The number of nitrogens with zero attached hydrogens (tertiary/aromatic N) is 2. The van der Waals surface area contributed by atoms with Crippen LogP contribution >= 0.6 is 0 Å². The molecule has 1 aliphatic heterocycles. The zero-order valence-corrected chi connectivity index (χ0v) is 11.3. The van der Waals surface area contributed by atoms with Crippen molar-refractivity contribution >= 4 is 17.3 Å². The van der Waals surface area contributed by atoms with Gasteiger partial charge in [-0.2, -0.15) is 0 Å². The summed E-state index contributed by atoms with van der Waals surface area (Å²) in [6, 6.07) is 6.47. The van der Waals surface area contributed by atoms with Gasteiger partial charge < -0.3 is 15.5 Å². The van der Waals surface area contributed by atoms with Crippen LogP contribution in [-0.2, 0) is 4.79 Å². The first-order valence-electron chi connectivity index (χ1n) is 6.57. The third-order valence-corrected chi connectivity index (χ3v) is 3.35. The summed E-state index contributed by atoms with van der Waals surface area (Å²) >= 11 is 0. The Labute approximate surface area is 117 Å². The van der Waals surface area contributed by atoms with Gasteiger partial charge in [-0.15, -0.1) is 0 Å². The smallest absolute Gasteiger partial charge is 0.292 e. The molecule has 1 aromatic rings. The van der Waals surface area contributed by atoms with Crippen molar-refractivity contribution in [3.05, 3.63) is 34.4 Å². The number of nitrogens with one attached hydrogen (secondary N) is 2. The molecule has 1 fully saturated rings. The lowest BCUT2D eigenvalue weighted by molar-refractivity contribution is -0.383. The molecule has 0 spiro atoms. The van der Waals surface area contributed by atoms with E-state index >= 15 is 0 Å². The fraction of sp³-hybridized carbons (Fsp3) is 0.462. The Morgan fingerprint density at radius 3 is 3.00 bits per heavy atom. The third-order valence-electron chi connectivity index (χ3n) is 3.35. The van der Waals surface area contributed by atoms with E-state index in [0.717, 1.165) is 13.1 Å². The van der Waals surface area contributed by atoms with Crippen LogP contribution in [0.5, 0.6) is 0 Å². The molecule has 1 unspecified atom stereocenters. The standard InChI is InChI=1S/C13H18N4O3/c1-10-8-14-6-7-16(10)13(18)9-15-11-4-2-3-5-12(11)17(19)20/h2-5,10,14-15H,6-9H2,1H3. The Bertz CT molecular complexity index is 506. The normalized spacial score (nSPS) is 18.6. The molecule has 2 rings (SSSR count). The van der Waals surface area contributed by atoms with Gasteiger partial charge in [0, 0.05) is 31.7 Å². The Hall–Kier alpha value is -2.15. The zero-order valence-electron chi connectivity index (χ0n) is 11.3. The lowest BCUT2D eigenvalue weighted by Crippen LogP contribution is -2.53. The first-order valence-corrected chi connectivity index (χ1v) is 6.57. The van der Waals surface area contributed by atoms with Gasteiger partial charge in [-0.25, -0.2) is 0 Å². The van der Waals surface area contributed by atoms with Gasteiger partial charge in [0.2, 0.25) is 5.91 Å². The maximum atomic E-state index is 12.1. The van der Waals surface area contributed by atoms with Crippen LogP contribution in [-0.4, -0.2) is 48.0 Å². The molecule has 1 aliphatic rings. The van der Waals surface area contributed by atoms with Crippen LogP contribution in [0.2, 0.25) is 0 Å². The summed E-state index contributed by atoms with van der Waals surface area (Å²) in [5, 5.41) is 17.0. The summed E-state index contributed by atoms with van der Waals surface area (Å²) < 4.78 is 0. The highest BCUT2D eigenvalue weighted by Crippen LogP contribution is 2.22. The van der Waals surface area contributed by atoms with Gasteiger partial charge in [0.25, 0.3) is 5.69 Å². The third kappa shape index (κ3) is 3.24. The largest absolute Gasteiger partial charge is 0.371 e. The molecule has 0 radical (unpaired) electrons. The molecule has 1 saturated heterocycles. The molecule has 1 heterocycles. The molecular formula is C13H18N4O3. The minimum Gasteiger partial charge on any atom is -0.371 e. The SMILES string of the molecule is CC1CNCCN1C(=O)CNc1ccccc1[N+](=O)[O-]. The van der Waals surface area contributed by atoms with Gasteiger partial charge in [-0.3, -0.25) is 14.9 Å². The summed E-state index contributed by atoms with van der Waals surface area (Å²) in [6.45, 7) is 4.27. The lowest BCUT2D eigenvalue weighted by atomic mass is 10.2. The predicted octanol–water partition coefficient (Wildman–Crippen LogP) is 0.827. The van der Waals surface area contributed by atoms with Crippen LogP contribution in [0.15, 0.2) is 24.3 Å². The van der Waals surface area contributed by atoms with Crippen molar-refractivity contribution in [2.75, 3.05) is 31.5 Å². The Morgan fingerprint density at radius 1 is 1.55 bits per heavy atom. The van der Waals surface area contributed by atoms with Crippen LogP contribution in [0.4, 0.5) is 11.4 Å². The van der Waals surface area contributed by atoms with Gasteiger partial charge >= 0.3 is 0 Å². The summed E-state index contributed by atoms with van der Waals surface area (Å²) in [4.78, 5) is 24.3. The van der Waals surface area contributed by atoms with Crippen molar-refractivity contribution < 1.29 is 9.72 Å². The van der Waals surface area contributed by atoms with Gasteiger partial charge in [0.1, 0.15) is 5.69 Å². The first kappa shape index (κ1) is 14.3. The highest BCUT2D eigenvalue weighted by atomic mass is 16.6. The average molecular weight is 278 g/mol. The molecule has 108 valence electrons. The fourth-order valence-electron chi connectivity index (χ4n) is 2.27. The Balaban J connectivity index is 1.98. The molecule has 1 atom stereocenters. The molecule has 1 amide bonds. The minimum absolute atomic E-state index is 0.0198. The van der Waals surface area contributed by atoms with Crippen LogP contribution in [0.1, 0.15) is 6.92 Å². The number of amides is 1. The van der Waals surface area contributed by atoms with E-state index in [9.17, 15) is 14.9 Å². The fourth-order valence-corrected chi connectivity index (χ4v) is 2.27. The summed E-state index contributed by atoms with van der Waals surface area (Å²) in [5.41, 5.74) is 0.349. The van der Waals surface area contributed by atoms with Crippen molar-refractivity contribution in [2.24, 2.45) is 0 Å². The molecule has 0 bridgehead atoms. The zero-order chi connectivity index (χ0) is 14.5. The molecule has 0 saturated carbocycles. The number of benzene rings is 1. The highest BCUT2D eigenvalue weighted by molar-refractivity contribution is 5.82. The second-order valence-electron chi connectivity index (χ2n) is 4.77. The molecule has 0 aromatic heterocycles. The van der Waals surface area contributed by atoms with E-state index in [-0.39, 0.29) is 24.2 Å². The van der Waals surface area contributed by atoms with Crippen molar-refractivity contribution in [1.29, 1.82) is 0 Å². The van der Waals surface area contributed by atoms with Gasteiger partial charge in [-0.1, -0.05) is 12.1 Å². The molecular weight excluding hydrogens is 260 g/mol. The van der Waals surface area contributed by atoms with E-state index in [4.69, 9.17) is 0 Å². The second-order valence-corrected chi connectivity index (χ2v) is 4.77. The van der Waals surface area contributed by atoms with Crippen LogP contribution < -0.4 is 10.6 Å². The second kappa shape index (κ2) is 6.33. The van der Waals surface area contributed by atoms with Crippen LogP contribution in [0.25, 0.3) is 0 Å². The number of hydrogen-bond donors (Lipinski definition) is 2. The number of carbonyl (C=O) groups is 1. The lowest BCUT2D eigenvalue weighted by Gasteiger charge is -2.34. The van der Waals surface area contributed by atoms with Crippen molar-refractivity contribution in [3.8, 4) is 0 Å². The summed E-state index contributed by atoms with van der Waals surface area (Å²) in [7, 11) is 0.